The predicted molar refractivity (Wildman–Crippen MR) is 134 cm³/mol. The lowest BCUT2D eigenvalue weighted by Gasteiger charge is -2.37. The molecule has 2 heterocycles. The van der Waals surface area contributed by atoms with Gasteiger partial charge in [0, 0.05) is 23.6 Å². The molecule has 2 bridgehead atoms. The van der Waals surface area contributed by atoms with Gasteiger partial charge in [-0.3, -0.25) is 4.79 Å². The van der Waals surface area contributed by atoms with Crippen molar-refractivity contribution >= 4 is 11.9 Å². The SMILES string of the molecule is N#Cc1ccc(C(=O)C2CC3CCC(C2)N3C(=O)OCc2ccccc2)cc1OCc1ccccc1. The first-order chi connectivity index (χ1) is 17.6. The van der Waals surface area contributed by atoms with Crippen LogP contribution < -0.4 is 4.74 Å². The van der Waals surface area contributed by atoms with Crippen molar-refractivity contribution in [2.24, 2.45) is 5.92 Å². The van der Waals surface area contributed by atoms with Crippen LogP contribution in [0.5, 0.6) is 5.75 Å². The van der Waals surface area contributed by atoms with Crippen molar-refractivity contribution in [1.29, 1.82) is 5.26 Å². The second-order valence-electron chi connectivity index (χ2n) is 9.46. The third kappa shape index (κ3) is 5.11. The summed E-state index contributed by atoms with van der Waals surface area (Å²) >= 11 is 0. The highest BCUT2D eigenvalue weighted by atomic mass is 16.6. The maximum absolute atomic E-state index is 13.5. The Balaban J connectivity index is 1.24. The van der Waals surface area contributed by atoms with Gasteiger partial charge < -0.3 is 14.4 Å². The first kappa shape index (κ1) is 23.6. The van der Waals surface area contributed by atoms with Gasteiger partial charge in [-0.25, -0.2) is 4.79 Å². The van der Waals surface area contributed by atoms with Gasteiger partial charge in [-0.2, -0.15) is 5.26 Å². The number of hydrogen-bond donors (Lipinski definition) is 0. The summed E-state index contributed by atoms with van der Waals surface area (Å²) in [7, 11) is 0. The minimum Gasteiger partial charge on any atom is -0.487 e. The van der Waals surface area contributed by atoms with Gasteiger partial charge in [-0.05, 0) is 55.0 Å². The van der Waals surface area contributed by atoms with E-state index in [0.29, 0.717) is 36.3 Å². The molecule has 5 rings (SSSR count). The summed E-state index contributed by atoms with van der Waals surface area (Å²) < 4.78 is 11.5. The van der Waals surface area contributed by atoms with Crippen molar-refractivity contribution in [3.8, 4) is 11.8 Å². The molecule has 182 valence electrons. The first-order valence-corrected chi connectivity index (χ1v) is 12.4. The first-order valence-electron chi connectivity index (χ1n) is 12.4. The molecular weight excluding hydrogens is 452 g/mol. The van der Waals surface area contributed by atoms with Crippen molar-refractivity contribution in [2.75, 3.05) is 0 Å². The highest BCUT2D eigenvalue weighted by molar-refractivity contribution is 5.98. The molecule has 1 amide bonds. The number of amides is 1. The van der Waals surface area contributed by atoms with Crippen molar-refractivity contribution < 1.29 is 19.1 Å². The van der Waals surface area contributed by atoms with Gasteiger partial charge >= 0.3 is 6.09 Å². The fourth-order valence-corrected chi connectivity index (χ4v) is 5.34. The fraction of sp³-hybridized carbons (Fsp3) is 0.300. The lowest BCUT2D eigenvalue weighted by molar-refractivity contribution is 0.0485. The number of nitrogens with zero attached hydrogens (tertiary/aromatic N) is 2. The van der Waals surface area contributed by atoms with Crippen LogP contribution in [0.15, 0.2) is 78.9 Å². The Hall–Kier alpha value is -4.11. The Morgan fingerprint density at radius 2 is 1.47 bits per heavy atom. The van der Waals surface area contributed by atoms with Crippen LogP contribution in [0.2, 0.25) is 0 Å². The van der Waals surface area contributed by atoms with Gasteiger partial charge in [0.15, 0.2) is 5.78 Å². The van der Waals surface area contributed by atoms with Gasteiger partial charge in [0.25, 0.3) is 0 Å². The number of ketones is 1. The van der Waals surface area contributed by atoms with Gasteiger partial charge in [-0.1, -0.05) is 60.7 Å². The zero-order chi connectivity index (χ0) is 24.9. The Kier molecular flexibility index (Phi) is 6.99. The minimum absolute atomic E-state index is 0.00755. The van der Waals surface area contributed by atoms with E-state index in [4.69, 9.17) is 9.47 Å². The summed E-state index contributed by atoms with van der Waals surface area (Å²) in [4.78, 5) is 28.2. The summed E-state index contributed by atoms with van der Waals surface area (Å²) in [6.45, 7) is 0.565. The molecule has 2 atom stereocenters. The lowest BCUT2D eigenvalue weighted by Crippen LogP contribution is -2.48. The minimum atomic E-state index is -0.299. The molecule has 3 aromatic carbocycles. The number of fused-ring (bicyclic) bond motifs is 2. The van der Waals surface area contributed by atoms with Crippen LogP contribution in [0, 0.1) is 17.2 Å². The Bertz CT molecular complexity index is 1260. The number of hydrogen-bond acceptors (Lipinski definition) is 5. The maximum atomic E-state index is 13.5. The maximum Gasteiger partial charge on any atom is 0.410 e. The van der Waals surface area contributed by atoms with E-state index in [2.05, 4.69) is 6.07 Å². The molecule has 2 saturated heterocycles. The van der Waals surface area contributed by atoms with Gasteiger partial charge in [0.1, 0.15) is 25.0 Å². The van der Waals surface area contributed by atoms with Crippen LogP contribution in [-0.2, 0) is 18.0 Å². The Morgan fingerprint density at radius 1 is 0.861 bits per heavy atom. The molecule has 0 saturated carbocycles. The number of nitriles is 1. The normalized spacial score (nSPS) is 20.4. The van der Waals surface area contributed by atoms with E-state index in [-0.39, 0.29) is 36.5 Å². The van der Waals surface area contributed by atoms with E-state index in [0.717, 1.165) is 24.0 Å². The quantitative estimate of drug-likeness (QED) is 0.393. The number of Topliss-reactive ketones (excluding diaryl/α,β-unsaturated/α-hetero) is 1. The number of carbonyl (C=O) groups excluding carboxylic acids is 2. The Morgan fingerprint density at radius 3 is 2.08 bits per heavy atom. The van der Waals surface area contributed by atoms with Crippen LogP contribution in [0.25, 0.3) is 0 Å². The Labute approximate surface area is 211 Å². The lowest BCUT2D eigenvalue weighted by atomic mass is 9.84. The zero-order valence-corrected chi connectivity index (χ0v) is 20.0. The molecule has 3 aromatic rings. The molecule has 2 aliphatic heterocycles. The highest BCUT2D eigenvalue weighted by Gasteiger charge is 2.46. The number of benzene rings is 3. The topological polar surface area (TPSA) is 79.6 Å². The average molecular weight is 481 g/mol. The number of carbonyl (C=O) groups is 2. The predicted octanol–water partition coefficient (Wildman–Crippen LogP) is 5.90. The number of rotatable bonds is 7. The zero-order valence-electron chi connectivity index (χ0n) is 20.0. The van der Waals surface area contributed by atoms with E-state index < -0.39 is 0 Å². The van der Waals surface area contributed by atoms with Crippen molar-refractivity contribution in [3.63, 3.8) is 0 Å². The summed E-state index contributed by atoms with van der Waals surface area (Å²) in [5.41, 5.74) is 2.88. The van der Waals surface area contributed by atoms with Crippen LogP contribution in [-0.4, -0.2) is 28.9 Å². The summed E-state index contributed by atoms with van der Waals surface area (Å²) in [6, 6.07) is 26.6. The van der Waals surface area contributed by atoms with E-state index in [1.165, 1.54) is 0 Å². The molecule has 2 aliphatic rings. The molecule has 6 nitrogen and oxygen atoms in total. The third-order valence-corrected chi connectivity index (χ3v) is 7.14. The average Bonchev–Trinajstić information content (AvgIpc) is 3.20. The van der Waals surface area contributed by atoms with Crippen molar-refractivity contribution in [3.05, 3.63) is 101 Å². The molecular formula is C30H28N2O4. The van der Waals surface area contributed by atoms with Gasteiger partial charge in [-0.15, -0.1) is 0 Å². The van der Waals surface area contributed by atoms with Crippen LogP contribution >= 0.6 is 0 Å². The third-order valence-electron chi connectivity index (χ3n) is 7.14. The molecule has 2 unspecified atom stereocenters. The molecule has 0 spiro atoms. The van der Waals surface area contributed by atoms with Crippen molar-refractivity contribution in [2.45, 2.75) is 51.0 Å². The number of piperidine rings is 1. The van der Waals surface area contributed by atoms with E-state index in [1.807, 2.05) is 65.6 Å². The van der Waals surface area contributed by atoms with E-state index >= 15 is 0 Å². The molecule has 6 heteroatoms. The van der Waals surface area contributed by atoms with Crippen molar-refractivity contribution in [1.82, 2.24) is 4.90 Å². The smallest absolute Gasteiger partial charge is 0.410 e. The molecule has 36 heavy (non-hydrogen) atoms. The second-order valence-corrected chi connectivity index (χ2v) is 9.46. The standard InChI is InChI=1S/C30H28N2O4/c31-18-24-12-11-23(17-28(24)35-19-21-7-3-1-4-8-21)29(33)25-15-26-13-14-27(16-25)32(26)30(34)36-20-22-9-5-2-6-10-22/h1-12,17,25-27H,13-16,19-20H2. The van der Waals surface area contributed by atoms with Crippen LogP contribution in [0.3, 0.4) is 0 Å². The summed E-state index contributed by atoms with van der Waals surface area (Å²) in [5.74, 6) is 0.283. The van der Waals surface area contributed by atoms with E-state index in [1.54, 1.807) is 18.2 Å². The molecule has 0 radical (unpaired) electrons. The summed E-state index contributed by atoms with van der Waals surface area (Å²) in [6.07, 6.45) is 2.71. The molecule has 0 aliphatic carbocycles. The van der Waals surface area contributed by atoms with Gasteiger partial charge in [0.2, 0.25) is 0 Å². The fourth-order valence-electron chi connectivity index (χ4n) is 5.34. The molecule has 0 aromatic heterocycles. The second kappa shape index (κ2) is 10.7. The van der Waals surface area contributed by atoms with Crippen LogP contribution in [0.4, 0.5) is 4.79 Å². The van der Waals surface area contributed by atoms with E-state index in [9.17, 15) is 14.9 Å². The van der Waals surface area contributed by atoms with Gasteiger partial charge in [0.05, 0.1) is 5.56 Å². The largest absolute Gasteiger partial charge is 0.487 e. The monoisotopic (exact) mass is 480 g/mol. The van der Waals surface area contributed by atoms with Crippen LogP contribution in [0.1, 0.15) is 52.7 Å². The summed E-state index contributed by atoms with van der Waals surface area (Å²) in [5, 5.41) is 9.50. The highest BCUT2D eigenvalue weighted by Crippen LogP contribution is 2.40. The number of ether oxygens (including phenoxy) is 2. The molecule has 0 N–H and O–H groups in total. The molecule has 2 fully saturated rings.